The van der Waals surface area contributed by atoms with E-state index in [1.165, 1.54) is 193 Å². The minimum atomic E-state index is -0.403. The minimum Gasteiger partial charge on any atom is -0.458 e. The molecule has 8 heteroatoms. The maximum absolute atomic E-state index is 6.51. The van der Waals surface area contributed by atoms with E-state index in [-0.39, 0.29) is 12.1 Å². The van der Waals surface area contributed by atoms with E-state index in [0.717, 1.165) is 62.6 Å². The van der Waals surface area contributed by atoms with Gasteiger partial charge >= 0.3 is 0 Å². The second kappa shape index (κ2) is 30.9. The third-order valence-corrected chi connectivity index (χ3v) is 30.1. The fraction of sp³-hybridized carbons (Fsp3) is 0.0308. The van der Waals surface area contributed by atoms with Crippen molar-refractivity contribution in [3.05, 3.63) is 519 Å². The van der Waals surface area contributed by atoms with E-state index in [1.807, 2.05) is 12.1 Å². The van der Waals surface area contributed by atoms with Crippen molar-refractivity contribution in [1.82, 2.24) is 18.3 Å². The maximum Gasteiger partial charge on any atom is 0.260 e. The van der Waals surface area contributed by atoms with Crippen LogP contribution in [0, 0.1) is 0 Å². The predicted molar refractivity (Wildman–Crippen MR) is 574 cm³/mol. The molecule has 0 unspecified atom stereocenters. The Hall–Kier alpha value is -17.7. The van der Waals surface area contributed by atoms with Crippen LogP contribution in [0.3, 0.4) is 0 Å². The zero-order valence-electron chi connectivity index (χ0n) is 75.8. The lowest BCUT2D eigenvalue weighted by molar-refractivity contribution is 0.464. The fourth-order valence-electron chi connectivity index (χ4n) is 24.2. The molecular formula is C130H86BN5O2. The van der Waals surface area contributed by atoms with Crippen LogP contribution in [-0.2, 0) is 10.8 Å². The maximum atomic E-state index is 6.51. The molecule has 0 N–H and O–H groups in total. The summed E-state index contributed by atoms with van der Waals surface area (Å²) in [4.78, 5) is 2.51. The van der Waals surface area contributed by atoms with Crippen molar-refractivity contribution in [1.29, 1.82) is 0 Å². The van der Waals surface area contributed by atoms with Crippen LogP contribution in [0.4, 0.5) is 17.1 Å². The molecule has 3 aliphatic carbocycles. The van der Waals surface area contributed by atoms with E-state index in [1.54, 1.807) is 0 Å². The van der Waals surface area contributed by atoms with Gasteiger partial charge in [0, 0.05) is 99.9 Å². The molecule has 21 aromatic carbocycles. The molecule has 0 amide bonds. The standard InChI is InChI=1S/C52H37N.C48H31N3.C30H18BNO2/c1-51(2)43-21-10-6-17-38(43)41-32-31-37(33-48(41)51)53(36-29-27-35(28-30-36)34-15-4-3-5-16-34)49-26-14-25-47-50(49)42-20-9-13-24-46(42)52(47)44-22-11-7-18-39(44)40-19-8-12-23-45(40)52;1-8-22-41-33(15-1)34-16-2-9-23-42(34)49(41)32-29-30-48-40(31-32)39-21-7-14-28-47(39)51(48)46-27-13-6-20-38(46)37-19-5-12-26-45(37)50-43-24-10-3-17-35(43)36-18-4-11-25-44(36)50;1-5-13-24-20(9-1)21-10-2-6-14-25(21)32(24)19-17-28-30-29(18-19)34-27-16-8-4-12-23(27)31(30)22-11-3-7-15-26(22)33-28/h3-33H,1-2H3;1-31H;1-18H. The van der Waals surface area contributed by atoms with Gasteiger partial charge in [0.25, 0.3) is 6.71 Å². The Bertz CT molecular complexity index is 9090. The van der Waals surface area contributed by atoms with Crippen LogP contribution in [-0.4, -0.2) is 25.0 Å². The van der Waals surface area contributed by atoms with Crippen LogP contribution in [0.25, 0.3) is 166 Å². The van der Waals surface area contributed by atoms with Gasteiger partial charge in [-0.2, -0.15) is 0 Å². The molecule has 138 heavy (non-hydrogen) atoms. The van der Waals surface area contributed by atoms with E-state index < -0.39 is 5.41 Å². The van der Waals surface area contributed by atoms with E-state index in [0.29, 0.717) is 0 Å². The van der Waals surface area contributed by atoms with Gasteiger partial charge in [-0.3, -0.25) is 0 Å². The molecule has 2 aliphatic heterocycles. The van der Waals surface area contributed by atoms with Crippen LogP contribution >= 0.6 is 0 Å². The highest BCUT2D eigenvalue weighted by atomic mass is 16.5. The molecule has 30 rings (SSSR count). The molecule has 646 valence electrons. The lowest BCUT2D eigenvalue weighted by Gasteiger charge is -2.33. The molecule has 5 aliphatic rings. The summed E-state index contributed by atoms with van der Waals surface area (Å²) in [6.45, 7) is 4.83. The van der Waals surface area contributed by atoms with Gasteiger partial charge in [-0.05, 0) is 199 Å². The third-order valence-electron chi connectivity index (χ3n) is 30.1. The molecule has 0 atom stereocenters. The molecule has 0 fully saturated rings. The Morgan fingerprint density at radius 1 is 0.225 bits per heavy atom. The fourth-order valence-corrected chi connectivity index (χ4v) is 24.2. The number of ether oxygens (including phenoxy) is 2. The molecule has 0 radical (unpaired) electrons. The SMILES string of the molecule is CC1(C)c2ccccc2-c2ccc(N(c3ccc(-c4ccccc4)cc3)c3cccc4c3-c3ccccc3C43c4ccccc4-c4ccccc43)cc21.c1ccc(-n2c3ccccc3c3ccccc32)c(-c2ccccc2-n2c3ccccc3c3cc(-n4c5ccccc5c5ccccc54)ccc32)c1.c1ccc2c(c1)Oc1cc(-n3c4ccccc4c4ccccc43)cc3c1B2c1ccccc1O3. The van der Waals surface area contributed by atoms with Crippen molar-refractivity contribution in [2.45, 2.75) is 24.7 Å². The summed E-state index contributed by atoms with van der Waals surface area (Å²) in [6.07, 6.45) is 0. The van der Waals surface area contributed by atoms with Crippen molar-refractivity contribution in [2.75, 3.05) is 4.90 Å². The Kier molecular flexibility index (Phi) is 17.7. The summed E-state index contributed by atoms with van der Waals surface area (Å²) in [5.74, 6) is 3.52. The van der Waals surface area contributed by atoms with Crippen molar-refractivity contribution in [3.8, 4) is 101 Å². The normalized spacial score (nSPS) is 13.2. The number of para-hydroxylation sites is 11. The second-order valence-electron chi connectivity index (χ2n) is 37.5. The second-order valence-corrected chi connectivity index (χ2v) is 37.5. The first-order chi connectivity index (χ1) is 68.3. The highest BCUT2D eigenvalue weighted by Crippen LogP contribution is 2.65. The number of hydrogen-bond donors (Lipinski definition) is 0. The van der Waals surface area contributed by atoms with Crippen LogP contribution in [0.5, 0.6) is 23.0 Å². The van der Waals surface area contributed by atoms with Crippen molar-refractivity contribution in [3.63, 3.8) is 0 Å². The van der Waals surface area contributed by atoms with Crippen LogP contribution < -0.4 is 30.8 Å². The number of fused-ring (bicyclic) bond motifs is 29. The number of rotatable bonds is 9. The summed E-state index contributed by atoms with van der Waals surface area (Å²) in [6, 6.07) is 177. The van der Waals surface area contributed by atoms with E-state index >= 15 is 0 Å². The number of benzene rings is 21. The first-order valence-corrected chi connectivity index (χ1v) is 47.8. The van der Waals surface area contributed by atoms with Gasteiger partial charge in [0.2, 0.25) is 0 Å². The molecule has 0 saturated heterocycles. The quantitative estimate of drug-likeness (QED) is 0.135. The zero-order valence-corrected chi connectivity index (χ0v) is 75.8. The van der Waals surface area contributed by atoms with Crippen LogP contribution in [0.15, 0.2) is 485 Å². The van der Waals surface area contributed by atoms with Gasteiger partial charge in [0.1, 0.15) is 23.0 Å². The van der Waals surface area contributed by atoms with Crippen molar-refractivity contribution in [2.24, 2.45) is 0 Å². The molecule has 25 aromatic rings. The lowest BCUT2D eigenvalue weighted by atomic mass is 9.35. The Labute approximate surface area is 799 Å². The molecule has 1 spiro atoms. The van der Waals surface area contributed by atoms with Gasteiger partial charge < -0.3 is 32.6 Å². The van der Waals surface area contributed by atoms with Gasteiger partial charge in [-0.1, -0.05) is 372 Å². The Morgan fingerprint density at radius 3 is 1.08 bits per heavy atom. The summed E-state index contributed by atoms with van der Waals surface area (Å²) >= 11 is 0. The van der Waals surface area contributed by atoms with Gasteiger partial charge in [-0.15, -0.1) is 0 Å². The van der Waals surface area contributed by atoms with Crippen LogP contribution in [0.2, 0.25) is 0 Å². The average molecular weight is 1760 g/mol. The minimum absolute atomic E-state index is 0.0899. The molecule has 4 aromatic heterocycles. The molecule has 0 bridgehead atoms. The van der Waals surface area contributed by atoms with E-state index in [9.17, 15) is 0 Å². The Balaban J connectivity index is 0.000000104. The van der Waals surface area contributed by atoms with Gasteiger partial charge in [0.05, 0.1) is 72.3 Å². The Morgan fingerprint density at radius 2 is 0.580 bits per heavy atom. The number of hydrogen-bond acceptors (Lipinski definition) is 3. The molecule has 0 saturated carbocycles. The highest BCUT2D eigenvalue weighted by molar-refractivity contribution is 6.98. The molecule has 6 heterocycles. The zero-order chi connectivity index (χ0) is 91.0. The largest absolute Gasteiger partial charge is 0.458 e. The molecular weight excluding hydrogens is 1670 g/mol. The predicted octanol–water partition coefficient (Wildman–Crippen LogP) is 31.6. The average Bonchev–Trinajstić information content (AvgIpc) is 1.50. The monoisotopic (exact) mass is 1760 g/mol. The first kappa shape index (κ1) is 78.9. The van der Waals surface area contributed by atoms with Crippen LogP contribution in [0.1, 0.15) is 47.2 Å². The smallest absolute Gasteiger partial charge is 0.260 e. The summed E-state index contributed by atoms with van der Waals surface area (Å²) in [5.41, 5.74) is 41.4. The van der Waals surface area contributed by atoms with Gasteiger partial charge in [0.15, 0.2) is 0 Å². The number of aromatic nitrogens is 4. The van der Waals surface area contributed by atoms with Crippen molar-refractivity contribution >= 4 is 127 Å². The topological polar surface area (TPSA) is 41.4 Å². The van der Waals surface area contributed by atoms with E-state index in [2.05, 4.69) is 510 Å². The van der Waals surface area contributed by atoms with Crippen molar-refractivity contribution < 1.29 is 9.47 Å². The summed E-state index contributed by atoms with van der Waals surface area (Å²) in [7, 11) is 0. The highest BCUT2D eigenvalue weighted by Gasteiger charge is 2.53. The number of nitrogens with zero attached hydrogens (tertiary/aromatic N) is 5. The summed E-state index contributed by atoms with van der Waals surface area (Å²) in [5, 5.41) is 10.0. The van der Waals surface area contributed by atoms with E-state index in [4.69, 9.17) is 9.47 Å². The third kappa shape index (κ3) is 11.7. The summed E-state index contributed by atoms with van der Waals surface area (Å²) < 4.78 is 22.6. The number of anilines is 3. The lowest BCUT2D eigenvalue weighted by Crippen LogP contribution is -2.57. The first-order valence-electron chi connectivity index (χ1n) is 47.8. The molecule has 7 nitrogen and oxygen atoms in total. The van der Waals surface area contributed by atoms with Gasteiger partial charge in [-0.25, -0.2) is 0 Å².